The van der Waals surface area contributed by atoms with Gasteiger partial charge in [0.15, 0.2) is 0 Å². The van der Waals surface area contributed by atoms with Gasteiger partial charge < -0.3 is 10.2 Å². The van der Waals surface area contributed by atoms with Crippen molar-refractivity contribution in [2.24, 2.45) is 0 Å². The molecule has 0 fully saturated rings. The Morgan fingerprint density at radius 3 is 2.95 bits per heavy atom. The number of likely N-dealkylation sites (N-methyl/N-ethyl adjacent to an activating group) is 1. The molecule has 2 rings (SSSR count). The van der Waals surface area contributed by atoms with Crippen molar-refractivity contribution in [3.63, 3.8) is 0 Å². The van der Waals surface area contributed by atoms with Crippen molar-refractivity contribution >= 4 is 17.7 Å². The minimum atomic E-state index is -0.0409. The lowest BCUT2D eigenvalue weighted by Crippen LogP contribution is -2.45. The lowest BCUT2D eigenvalue weighted by atomic mass is 9.89. The van der Waals surface area contributed by atoms with Crippen LogP contribution in [-0.4, -0.2) is 42.4 Å². The van der Waals surface area contributed by atoms with Crippen LogP contribution < -0.4 is 5.32 Å². The third kappa shape index (κ3) is 3.18. The fraction of sp³-hybridized carbons (Fsp3) is 0.562. The van der Waals surface area contributed by atoms with Gasteiger partial charge >= 0.3 is 0 Å². The number of hydrogen-bond donors (Lipinski definition) is 1. The Morgan fingerprint density at radius 1 is 1.50 bits per heavy atom. The van der Waals surface area contributed by atoms with Crippen LogP contribution in [0.4, 0.5) is 0 Å². The monoisotopic (exact) mass is 292 g/mol. The highest BCUT2D eigenvalue weighted by Crippen LogP contribution is 2.26. The summed E-state index contributed by atoms with van der Waals surface area (Å²) in [5.41, 5.74) is 2.45. The van der Waals surface area contributed by atoms with Crippen LogP contribution in [-0.2, 0) is 11.3 Å². The van der Waals surface area contributed by atoms with Gasteiger partial charge in [0.2, 0.25) is 5.91 Å². The maximum absolute atomic E-state index is 12.8. The van der Waals surface area contributed by atoms with Crippen molar-refractivity contribution in [1.82, 2.24) is 10.2 Å². The summed E-state index contributed by atoms with van der Waals surface area (Å²) < 4.78 is 0. The highest BCUT2D eigenvalue weighted by atomic mass is 32.2. The van der Waals surface area contributed by atoms with Gasteiger partial charge in [0.05, 0.1) is 5.92 Å². The number of rotatable bonds is 5. The molecule has 3 nitrogen and oxygen atoms in total. The minimum Gasteiger partial charge on any atom is -0.341 e. The molecule has 0 saturated carbocycles. The molecule has 4 heteroatoms. The standard InChI is InChI=1S/C16H24N2OS/c1-4-13(11-20-3)18(2)16(19)15-10-17-9-12-7-5-6-8-14(12)15/h5-8,13,15,17H,4,9-11H2,1-3H3. The highest BCUT2D eigenvalue weighted by molar-refractivity contribution is 7.98. The topological polar surface area (TPSA) is 32.3 Å². The van der Waals surface area contributed by atoms with E-state index in [2.05, 4.69) is 30.6 Å². The summed E-state index contributed by atoms with van der Waals surface area (Å²) in [5.74, 6) is 1.20. The first-order valence-electron chi connectivity index (χ1n) is 7.23. The molecule has 1 aromatic carbocycles. The van der Waals surface area contributed by atoms with Gasteiger partial charge in [0, 0.05) is 31.9 Å². The Labute approximate surface area is 126 Å². The Kier molecular flexibility index (Phi) is 5.49. The fourth-order valence-electron chi connectivity index (χ4n) is 2.84. The van der Waals surface area contributed by atoms with Crippen LogP contribution in [0, 0.1) is 0 Å². The van der Waals surface area contributed by atoms with E-state index in [1.165, 1.54) is 11.1 Å². The summed E-state index contributed by atoms with van der Waals surface area (Å²) >= 11 is 1.80. The van der Waals surface area contributed by atoms with E-state index in [9.17, 15) is 4.79 Å². The van der Waals surface area contributed by atoms with Gasteiger partial charge in [-0.15, -0.1) is 0 Å². The van der Waals surface area contributed by atoms with Crippen LogP contribution in [0.15, 0.2) is 24.3 Å². The summed E-state index contributed by atoms with van der Waals surface area (Å²) in [6.45, 7) is 3.76. The molecule has 0 spiro atoms. The zero-order valence-electron chi connectivity index (χ0n) is 12.6. The number of benzene rings is 1. The molecule has 1 N–H and O–H groups in total. The van der Waals surface area contributed by atoms with Crippen molar-refractivity contribution in [3.05, 3.63) is 35.4 Å². The lowest BCUT2D eigenvalue weighted by molar-refractivity contribution is -0.133. The number of amides is 1. The number of fused-ring (bicyclic) bond motifs is 1. The second-order valence-electron chi connectivity index (χ2n) is 5.35. The molecule has 20 heavy (non-hydrogen) atoms. The second kappa shape index (κ2) is 7.14. The molecule has 1 heterocycles. The quantitative estimate of drug-likeness (QED) is 0.905. The first kappa shape index (κ1) is 15.4. The maximum Gasteiger partial charge on any atom is 0.231 e. The first-order chi connectivity index (χ1) is 9.69. The third-order valence-electron chi connectivity index (χ3n) is 4.12. The number of thioether (sulfide) groups is 1. The van der Waals surface area contributed by atoms with Gasteiger partial charge in [0.25, 0.3) is 0 Å². The molecule has 1 amide bonds. The smallest absolute Gasteiger partial charge is 0.231 e. The van der Waals surface area contributed by atoms with E-state index in [1.807, 2.05) is 24.1 Å². The van der Waals surface area contributed by atoms with Gasteiger partial charge in [-0.2, -0.15) is 11.8 Å². The third-order valence-corrected chi connectivity index (χ3v) is 4.84. The van der Waals surface area contributed by atoms with Crippen molar-refractivity contribution in [3.8, 4) is 0 Å². The van der Waals surface area contributed by atoms with E-state index >= 15 is 0 Å². The van der Waals surface area contributed by atoms with Gasteiger partial charge in [-0.05, 0) is 23.8 Å². The summed E-state index contributed by atoms with van der Waals surface area (Å²) in [6, 6.07) is 8.61. The van der Waals surface area contributed by atoms with Crippen LogP contribution in [0.2, 0.25) is 0 Å². The molecule has 2 atom stereocenters. The first-order valence-corrected chi connectivity index (χ1v) is 8.62. The molecule has 0 saturated heterocycles. The van der Waals surface area contributed by atoms with Gasteiger partial charge in [0.1, 0.15) is 0 Å². The number of hydrogen-bond acceptors (Lipinski definition) is 3. The maximum atomic E-state index is 12.8. The van der Waals surface area contributed by atoms with Crippen molar-refractivity contribution < 1.29 is 4.79 Å². The number of carbonyl (C=O) groups is 1. The van der Waals surface area contributed by atoms with Crippen LogP contribution in [0.25, 0.3) is 0 Å². The molecular formula is C16H24N2OS. The largest absolute Gasteiger partial charge is 0.341 e. The average molecular weight is 292 g/mol. The number of nitrogens with one attached hydrogen (secondary N) is 1. The molecule has 1 aliphatic rings. The van der Waals surface area contributed by atoms with Crippen molar-refractivity contribution in [2.75, 3.05) is 25.6 Å². The molecule has 1 aromatic rings. The van der Waals surface area contributed by atoms with Crippen molar-refractivity contribution in [2.45, 2.75) is 31.8 Å². The fourth-order valence-corrected chi connectivity index (χ4v) is 3.68. The van der Waals surface area contributed by atoms with E-state index in [1.54, 1.807) is 11.8 Å². The molecular weight excluding hydrogens is 268 g/mol. The Balaban J connectivity index is 2.17. The molecule has 0 aliphatic carbocycles. The van der Waals surface area contributed by atoms with Crippen LogP contribution in [0.1, 0.15) is 30.4 Å². The molecule has 0 bridgehead atoms. The number of carbonyl (C=O) groups excluding carboxylic acids is 1. The summed E-state index contributed by atoms with van der Waals surface area (Å²) in [5, 5.41) is 3.36. The minimum absolute atomic E-state index is 0.0409. The van der Waals surface area contributed by atoms with Crippen LogP contribution in [0.5, 0.6) is 0 Å². The summed E-state index contributed by atoms with van der Waals surface area (Å²) in [7, 11) is 1.95. The Morgan fingerprint density at radius 2 is 2.25 bits per heavy atom. The predicted molar refractivity (Wildman–Crippen MR) is 86.1 cm³/mol. The zero-order chi connectivity index (χ0) is 14.5. The van der Waals surface area contributed by atoms with E-state index in [0.717, 1.165) is 25.3 Å². The van der Waals surface area contributed by atoms with Gasteiger partial charge in [-0.3, -0.25) is 4.79 Å². The van der Waals surface area contributed by atoms with E-state index in [4.69, 9.17) is 0 Å². The number of nitrogens with zero attached hydrogens (tertiary/aromatic N) is 1. The van der Waals surface area contributed by atoms with Gasteiger partial charge in [-0.25, -0.2) is 0 Å². The lowest BCUT2D eigenvalue weighted by Gasteiger charge is -2.33. The van der Waals surface area contributed by atoms with Gasteiger partial charge in [-0.1, -0.05) is 31.2 Å². The van der Waals surface area contributed by atoms with Crippen molar-refractivity contribution in [1.29, 1.82) is 0 Å². The second-order valence-corrected chi connectivity index (χ2v) is 6.26. The Hall–Kier alpha value is -1.00. The average Bonchev–Trinajstić information content (AvgIpc) is 2.50. The molecule has 110 valence electrons. The zero-order valence-corrected chi connectivity index (χ0v) is 13.4. The van der Waals surface area contributed by atoms with Crippen LogP contribution >= 0.6 is 11.8 Å². The predicted octanol–water partition coefficient (Wildman–Crippen LogP) is 2.47. The van der Waals surface area contributed by atoms with E-state index in [-0.39, 0.29) is 11.8 Å². The Bertz CT molecular complexity index is 464. The normalized spacial score (nSPS) is 19.2. The molecule has 2 unspecified atom stereocenters. The van der Waals surface area contributed by atoms with E-state index < -0.39 is 0 Å². The van der Waals surface area contributed by atoms with Crippen LogP contribution in [0.3, 0.4) is 0 Å². The summed E-state index contributed by atoms with van der Waals surface area (Å²) in [4.78, 5) is 14.8. The van der Waals surface area contributed by atoms with E-state index in [0.29, 0.717) is 6.04 Å². The molecule has 0 radical (unpaired) electrons. The molecule has 0 aromatic heterocycles. The summed E-state index contributed by atoms with van der Waals surface area (Å²) in [6.07, 6.45) is 3.10. The highest BCUT2D eigenvalue weighted by Gasteiger charge is 2.30. The molecule has 1 aliphatic heterocycles. The SMILES string of the molecule is CCC(CSC)N(C)C(=O)C1CNCc2ccccc21.